The van der Waals surface area contributed by atoms with Gasteiger partial charge in [-0.05, 0) is 50.5 Å². The molecular formula is C20H30N2O3. The number of methoxy groups -OCH3 is 2. The maximum Gasteiger partial charge on any atom is 0.122 e. The zero-order valence-electron chi connectivity index (χ0n) is 15.4. The van der Waals surface area contributed by atoms with Gasteiger partial charge in [-0.15, -0.1) is 0 Å². The first-order valence-corrected chi connectivity index (χ1v) is 9.62. The highest BCUT2D eigenvalue weighted by atomic mass is 16.5. The molecule has 0 aromatic carbocycles. The Hall–Kier alpha value is -1.17. The molecular weight excluding hydrogens is 316 g/mol. The standard InChI is InChI=1S/C20H30N2O3/c1-23-17-6-9-21-16(11-17)13-22-10-8-20(24-2)7-5-18(12-19(20)22)25-14-15-3-4-15/h6,9,11,15,18-19H,3-5,7-8,10,12-14H2,1-2H3/t18-,19+,20-/m1/s1. The van der Waals surface area contributed by atoms with Gasteiger partial charge in [0.25, 0.3) is 0 Å². The lowest BCUT2D eigenvalue weighted by Crippen LogP contribution is -2.51. The monoisotopic (exact) mass is 346 g/mol. The Morgan fingerprint density at radius 2 is 2.12 bits per heavy atom. The van der Waals surface area contributed by atoms with Crippen molar-refractivity contribution in [3.63, 3.8) is 0 Å². The molecule has 1 aliphatic heterocycles. The SMILES string of the molecule is COc1ccnc(CN2CC[C@]3(OC)CC[C@@H](OCC4CC4)C[C@H]23)c1. The third-order valence-electron chi connectivity index (χ3n) is 6.31. The smallest absolute Gasteiger partial charge is 0.122 e. The fraction of sp³-hybridized carbons (Fsp3) is 0.750. The van der Waals surface area contributed by atoms with E-state index >= 15 is 0 Å². The van der Waals surface area contributed by atoms with E-state index in [1.54, 1.807) is 7.11 Å². The van der Waals surface area contributed by atoms with Crippen LogP contribution in [-0.2, 0) is 16.0 Å². The number of ether oxygens (including phenoxy) is 3. The van der Waals surface area contributed by atoms with Crippen LogP contribution in [0.3, 0.4) is 0 Å². The zero-order valence-corrected chi connectivity index (χ0v) is 15.4. The predicted octanol–water partition coefficient (Wildman–Crippen LogP) is 3.03. The number of pyridine rings is 1. The van der Waals surface area contributed by atoms with E-state index in [1.807, 2.05) is 25.4 Å². The first-order chi connectivity index (χ1) is 12.2. The van der Waals surface area contributed by atoms with Gasteiger partial charge in [0.2, 0.25) is 0 Å². The molecule has 5 nitrogen and oxygen atoms in total. The summed E-state index contributed by atoms with van der Waals surface area (Å²) in [5.41, 5.74) is 1.06. The minimum absolute atomic E-state index is 0.00168. The van der Waals surface area contributed by atoms with Crippen molar-refractivity contribution in [3.05, 3.63) is 24.0 Å². The van der Waals surface area contributed by atoms with Crippen LogP contribution in [0.4, 0.5) is 0 Å². The summed E-state index contributed by atoms with van der Waals surface area (Å²) in [5.74, 6) is 1.70. The van der Waals surface area contributed by atoms with Crippen LogP contribution >= 0.6 is 0 Å². The molecule has 0 bridgehead atoms. The van der Waals surface area contributed by atoms with Crippen molar-refractivity contribution < 1.29 is 14.2 Å². The largest absolute Gasteiger partial charge is 0.497 e. The molecule has 2 aliphatic carbocycles. The fourth-order valence-electron chi connectivity index (χ4n) is 4.53. The van der Waals surface area contributed by atoms with Crippen molar-refractivity contribution in [1.82, 2.24) is 9.88 Å². The van der Waals surface area contributed by atoms with Crippen LogP contribution in [0.25, 0.3) is 0 Å². The van der Waals surface area contributed by atoms with Crippen molar-refractivity contribution in [2.75, 3.05) is 27.4 Å². The maximum absolute atomic E-state index is 6.22. The molecule has 0 unspecified atom stereocenters. The Balaban J connectivity index is 1.44. The molecule has 3 aliphatic rings. The molecule has 25 heavy (non-hydrogen) atoms. The van der Waals surface area contributed by atoms with Crippen molar-refractivity contribution >= 4 is 0 Å². The number of hydrogen-bond acceptors (Lipinski definition) is 5. The summed E-state index contributed by atoms with van der Waals surface area (Å²) in [6, 6.07) is 4.36. The third kappa shape index (κ3) is 3.69. The van der Waals surface area contributed by atoms with Gasteiger partial charge in [-0.1, -0.05) is 0 Å². The van der Waals surface area contributed by atoms with Crippen molar-refractivity contribution in [1.29, 1.82) is 0 Å². The van der Waals surface area contributed by atoms with Gasteiger partial charge in [-0.3, -0.25) is 9.88 Å². The van der Waals surface area contributed by atoms with Crippen molar-refractivity contribution in [2.45, 2.75) is 62.8 Å². The Labute approximate surface area is 150 Å². The number of hydrogen-bond donors (Lipinski definition) is 0. The van der Waals surface area contributed by atoms with Crippen LogP contribution in [-0.4, -0.2) is 55.0 Å². The van der Waals surface area contributed by atoms with Crippen LogP contribution < -0.4 is 4.74 Å². The quantitative estimate of drug-likeness (QED) is 0.759. The van der Waals surface area contributed by atoms with Gasteiger partial charge in [0.05, 0.1) is 24.5 Å². The van der Waals surface area contributed by atoms with E-state index < -0.39 is 0 Å². The van der Waals surface area contributed by atoms with Crippen LogP contribution in [0, 0.1) is 5.92 Å². The van der Waals surface area contributed by atoms with E-state index in [0.29, 0.717) is 12.1 Å². The number of nitrogens with zero attached hydrogens (tertiary/aromatic N) is 2. The average molecular weight is 346 g/mol. The fourth-order valence-corrected chi connectivity index (χ4v) is 4.53. The van der Waals surface area contributed by atoms with E-state index in [9.17, 15) is 0 Å². The van der Waals surface area contributed by atoms with E-state index in [2.05, 4.69) is 9.88 Å². The molecule has 2 saturated carbocycles. The van der Waals surface area contributed by atoms with Crippen molar-refractivity contribution in [3.8, 4) is 5.75 Å². The van der Waals surface area contributed by atoms with Crippen LogP contribution in [0.5, 0.6) is 5.75 Å². The van der Waals surface area contributed by atoms with Gasteiger partial charge in [-0.2, -0.15) is 0 Å². The molecule has 5 heteroatoms. The minimum atomic E-state index is -0.00168. The Kier molecular flexibility index (Phi) is 4.98. The third-order valence-corrected chi connectivity index (χ3v) is 6.31. The van der Waals surface area contributed by atoms with Gasteiger partial charge < -0.3 is 14.2 Å². The minimum Gasteiger partial charge on any atom is -0.497 e. The summed E-state index contributed by atoms with van der Waals surface area (Å²) in [6.07, 6.45) is 9.33. The maximum atomic E-state index is 6.22. The second-order valence-corrected chi connectivity index (χ2v) is 7.87. The normalized spacial score (nSPS) is 32.6. The van der Waals surface area contributed by atoms with Gasteiger partial charge in [0, 0.05) is 45.1 Å². The molecule has 0 spiro atoms. The van der Waals surface area contributed by atoms with E-state index in [-0.39, 0.29) is 5.60 Å². The summed E-state index contributed by atoms with van der Waals surface area (Å²) in [4.78, 5) is 7.07. The summed E-state index contributed by atoms with van der Waals surface area (Å²) in [5, 5.41) is 0. The van der Waals surface area contributed by atoms with Gasteiger partial charge >= 0.3 is 0 Å². The summed E-state index contributed by atoms with van der Waals surface area (Å²) < 4.78 is 17.6. The Bertz CT molecular complexity index is 592. The van der Waals surface area contributed by atoms with Crippen LogP contribution in [0.2, 0.25) is 0 Å². The van der Waals surface area contributed by atoms with Crippen molar-refractivity contribution in [2.24, 2.45) is 5.92 Å². The topological polar surface area (TPSA) is 43.8 Å². The number of aromatic nitrogens is 1. The highest BCUT2D eigenvalue weighted by molar-refractivity contribution is 5.22. The molecule has 2 heterocycles. The molecule has 0 N–H and O–H groups in total. The van der Waals surface area contributed by atoms with E-state index in [0.717, 1.165) is 62.7 Å². The molecule has 0 radical (unpaired) electrons. The second-order valence-electron chi connectivity index (χ2n) is 7.87. The number of likely N-dealkylation sites (tertiary alicyclic amines) is 1. The molecule has 0 amide bonds. The Morgan fingerprint density at radius 3 is 2.88 bits per heavy atom. The molecule has 1 aromatic rings. The summed E-state index contributed by atoms with van der Waals surface area (Å²) in [7, 11) is 3.58. The first kappa shape index (κ1) is 17.3. The lowest BCUT2D eigenvalue weighted by Gasteiger charge is -2.43. The Morgan fingerprint density at radius 1 is 1.24 bits per heavy atom. The second kappa shape index (κ2) is 7.22. The lowest BCUT2D eigenvalue weighted by atomic mass is 9.79. The number of rotatable bonds is 7. The summed E-state index contributed by atoms with van der Waals surface area (Å²) in [6.45, 7) is 2.86. The predicted molar refractivity (Wildman–Crippen MR) is 95.7 cm³/mol. The first-order valence-electron chi connectivity index (χ1n) is 9.62. The zero-order chi connectivity index (χ0) is 17.3. The molecule has 3 atom stereocenters. The highest BCUT2D eigenvalue weighted by Gasteiger charge is 2.51. The van der Waals surface area contributed by atoms with Gasteiger partial charge in [0.1, 0.15) is 5.75 Å². The molecule has 138 valence electrons. The number of fused-ring (bicyclic) bond motifs is 1. The highest BCUT2D eigenvalue weighted by Crippen LogP contribution is 2.44. The van der Waals surface area contributed by atoms with Gasteiger partial charge in [0.15, 0.2) is 0 Å². The van der Waals surface area contributed by atoms with E-state index in [4.69, 9.17) is 14.2 Å². The van der Waals surface area contributed by atoms with Crippen LogP contribution in [0.15, 0.2) is 18.3 Å². The van der Waals surface area contributed by atoms with Crippen LogP contribution in [0.1, 0.15) is 44.2 Å². The molecule has 3 fully saturated rings. The van der Waals surface area contributed by atoms with Gasteiger partial charge in [-0.25, -0.2) is 0 Å². The average Bonchev–Trinajstić information content (AvgIpc) is 3.42. The van der Waals surface area contributed by atoms with E-state index in [1.165, 1.54) is 12.8 Å². The summed E-state index contributed by atoms with van der Waals surface area (Å²) >= 11 is 0. The lowest BCUT2D eigenvalue weighted by molar-refractivity contribution is -0.103. The molecule has 4 rings (SSSR count). The molecule has 1 saturated heterocycles. The molecule has 1 aromatic heterocycles.